The third kappa shape index (κ3) is 9.57. The van der Waals surface area contributed by atoms with E-state index in [2.05, 4.69) is 47.9 Å². The Morgan fingerprint density at radius 1 is 0.594 bits per heavy atom. The summed E-state index contributed by atoms with van der Waals surface area (Å²) in [6, 6.07) is 16.4. The van der Waals surface area contributed by atoms with Gasteiger partial charge in [0, 0.05) is 39.3 Å². The van der Waals surface area contributed by atoms with Gasteiger partial charge in [-0.3, -0.25) is 9.80 Å². The molecule has 0 N–H and O–H groups in total. The van der Waals surface area contributed by atoms with Crippen LogP contribution in [0.5, 0.6) is 11.5 Å². The number of benzene rings is 2. The molecule has 6 nitrogen and oxygen atoms in total. The Labute approximate surface area is 193 Å². The van der Waals surface area contributed by atoms with Crippen molar-refractivity contribution in [1.29, 1.82) is 0 Å². The molecule has 4 rings (SSSR count). The molecule has 2 aromatic carbocycles. The molecule has 0 radical (unpaired) electrons. The Morgan fingerprint density at radius 2 is 0.938 bits per heavy atom. The van der Waals surface area contributed by atoms with Crippen LogP contribution in [0.4, 0.5) is 0 Å². The molecule has 0 aliphatic carbocycles. The average molecular weight is 443 g/mol. The summed E-state index contributed by atoms with van der Waals surface area (Å²) in [4.78, 5) is 4.75. The number of nitrogens with zero attached hydrogens (tertiary/aromatic N) is 2. The predicted molar refractivity (Wildman–Crippen MR) is 128 cm³/mol. The van der Waals surface area contributed by atoms with Crippen molar-refractivity contribution >= 4 is 0 Å². The van der Waals surface area contributed by atoms with Crippen molar-refractivity contribution in [2.45, 2.75) is 13.8 Å². The zero-order valence-electron chi connectivity index (χ0n) is 19.6. The molecule has 2 heterocycles. The molecule has 0 unspecified atom stereocenters. The van der Waals surface area contributed by atoms with Gasteiger partial charge in [-0.15, -0.1) is 0 Å². The van der Waals surface area contributed by atoms with Gasteiger partial charge in [0.25, 0.3) is 0 Å². The highest BCUT2D eigenvalue weighted by atomic mass is 16.5. The molecular weight excluding hydrogens is 404 g/mol. The van der Waals surface area contributed by atoms with E-state index in [1.54, 1.807) is 0 Å². The molecule has 0 bridgehead atoms. The molecule has 2 fully saturated rings. The minimum absolute atomic E-state index is 0.753. The SMILES string of the molecule is Cc1ccc(OCCN2CCOCC2)cc1.Cc1ccc(OCCN2CCOCC2)cc1. The number of ether oxygens (including phenoxy) is 4. The van der Waals surface area contributed by atoms with E-state index < -0.39 is 0 Å². The third-order valence-corrected chi connectivity index (χ3v) is 5.60. The van der Waals surface area contributed by atoms with Gasteiger partial charge in [-0.1, -0.05) is 35.4 Å². The third-order valence-electron chi connectivity index (χ3n) is 5.60. The second-order valence-electron chi connectivity index (χ2n) is 8.23. The van der Waals surface area contributed by atoms with Crippen molar-refractivity contribution in [3.63, 3.8) is 0 Å². The molecule has 0 amide bonds. The van der Waals surface area contributed by atoms with Crippen molar-refractivity contribution in [1.82, 2.24) is 9.80 Å². The molecule has 32 heavy (non-hydrogen) atoms. The zero-order chi connectivity index (χ0) is 22.4. The second kappa shape index (κ2) is 14.1. The van der Waals surface area contributed by atoms with Crippen LogP contribution in [0.25, 0.3) is 0 Å². The lowest BCUT2D eigenvalue weighted by molar-refractivity contribution is 0.0321. The molecular formula is C26H38N2O4. The van der Waals surface area contributed by atoms with E-state index in [1.165, 1.54) is 11.1 Å². The van der Waals surface area contributed by atoms with Gasteiger partial charge in [-0.2, -0.15) is 0 Å². The molecule has 2 aliphatic rings. The van der Waals surface area contributed by atoms with Gasteiger partial charge in [-0.25, -0.2) is 0 Å². The number of rotatable bonds is 8. The Bertz CT molecular complexity index is 674. The standard InChI is InChI=1S/2C13H19NO2/c2*1-12-2-4-13(5-3-12)16-11-8-14-6-9-15-10-7-14/h2*2-5H,6-11H2,1H3. The smallest absolute Gasteiger partial charge is 0.119 e. The monoisotopic (exact) mass is 442 g/mol. The maximum Gasteiger partial charge on any atom is 0.119 e. The van der Waals surface area contributed by atoms with E-state index in [9.17, 15) is 0 Å². The van der Waals surface area contributed by atoms with Crippen LogP contribution in [0.15, 0.2) is 48.5 Å². The van der Waals surface area contributed by atoms with Crippen LogP contribution in [-0.2, 0) is 9.47 Å². The van der Waals surface area contributed by atoms with Crippen LogP contribution in [0, 0.1) is 13.8 Å². The van der Waals surface area contributed by atoms with Crippen molar-refractivity contribution in [3.8, 4) is 11.5 Å². The predicted octanol–water partition coefficient (Wildman–Crippen LogP) is 3.41. The van der Waals surface area contributed by atoms with E-state index in [4.69, 9.17) is 18.9 Å². The minimum Gasteiger partial charge on any atom is -0.492 e. The first-order valence-electron chi connectivity index (χ1n) is 11.7. The average Bonchev–Trinajstić information content (AvgIpc) is 2.84. The maximum absolute atomic E-state index is 5.68. The molecule has 0 saturated carbocycles. The van der Waals surface area contributed by atoms with Crippen molar-refractivity contribution in [2.24, 2.45) is 0 Å². The number of morpholine rings is 2. The normalized spacial score (nSPS) is 17.3. The summed E-state index contributed by atoms with van der Waals surface area (Å²) in [6.45, 7) is 15.1. The first kappa shape index (κ1) is 24.5. The van der Waals surface area contributed by atoms with Gasteiger partial charge in [0.15, 0.2) is 0 Å². The summed E-state index contributed by atoms with van der Waals surface area (Å²) >= 11 is 0. The molecule has 176 valence electrons. The number of hydrogen-bond acceptors (Lipinski definition) is 6. The summed E-state index contributed by atoms with van der Waals surface area (Å²) in [7, 11) is 0. The van der Waals surface area contributed by atoms with Crippen LogP contribution < -0.4 is 9.47 Å². The summed E-state index contributed by atoms with van der Waals surface area (Å²) in [5, 5.41) is 0. The fourth-order valence-electron chi connectivity index (χ4n) is 3.50. The lowest BCUT2D eigenvalue weighted by Crippen LogP contribution is -2.38. The van der Waals surface area contributed by atoms with Gasteiger partial charge in [0.1, 0.15) is 24.7 Å². The quantitative estimate of drug-likeness (QED) is 0.624. The number of aryl methyl sites for hydroxylation is 2. The van der Waals surface area contributed by atoms with Crippen LogP contribution in [0.2, 0.25) is 0 Å². The topological polar surface area (TPSA) is 43.4 Å². The van der Waals surface area contributed by atoms with E-state index in [1.807, 2.05) is 24.3 Å². The minimum atomic E-state index is 0.753. The van der Waals surface area contributed by atoms with Crippen molar-refractivity contribution in [2.75, 3.05) is 78.9 Å². The van der Waals surface area contributed by atoms with Crippen LogP contribution >= 0.6 is 0 Å². The van der Waals surface area contributed by atoms with E-state index >= 15 is 0 Å². The van der Waals surface area contributed by atoms with E-state index in [0.717, 1.165) is 90.4 Å². The Morgan fingerprint density at radius 3 is 1.28 bits per heavy atom. The highest BCUT2D eigenvalue weighted by Gasteiger charge is 2.10. The van der Waals surface area contributed by atoms with Gasteiger partial charge < -0.3 is 18.9 Å². The Kier molecular flexibility index (Phi) is 10.8. The van der Waals surface area contributed by atoms with Gasteiger partial charge in [-0.05, 0) is 38.1 Å². The highest BCUT2D eigenvalue weighted by molar-refractivity contribution is 5.26. The maximum atomic E-state index is 5.68. The largest absolute Gasteiger partial charge is 0.492 e. The summed E-state index contributed by atoms with van der Waals surface area (Å²) < 4.78 is 22.0. The summed E-state index contributed by atoms with van der Waals surface area (Å²) in [5.74, 6) is 1.91. The highest BCUT2D eigenvalue weighted by Crippen LogP contribution is 2.12. The summed E-state index contributed by atoms with van der Waals surface area (Å²) in [6.07, 6.45) is 0. The molecule has 6 heteroatoms. The first-order chi connectivity index (χ1) is 15.7. The fraction of sp³-hybridized carbons (Fsp3) is 0.538. The molecule has 2 saturated heterocycles. The molecule has 2 aliphatic heterocycles. The fourth-order valence-corrected chi connectivity index (χ4v) is 3.50. The Hall–Kier alpha value is -2.12. The zero-order valence-corrected chi connectivity index (χ0v) is 19.6. The van der Waals surface area contributed by atoms with E-state index in [-0.39, 0.29) is 0 Å². The Balaban J connectivity index is 0.000000181. The molecule has 0 spiro atoms. The van der Waals surface area contributed by atoms with Crippen molar-refractivity contribution < 1.29 is 18.9 Å². The van der Waals surface area contributed by atoms with Gasteiger partial charge in [0.2, 0.25) is 0 Å². The summed E-state index contributed by atoms with van der Waals surface area (Å²) in [5.41, 5.74) is 2.53. The molecule has 2 aromatic rings. The van der Waals surface area contributed by atoms with E-state index in [0.29, 0.717) is 0 Å². The van der Waals surface area contributed by atoms with Crippen molar-refractivity contribution in [3.05, 3.63) is 59.7 Å². The number of hydrogen-bond donors (Lipinski definition) is 0. The second-order valence-corrected chi connectivity index (χ2v) is 8.23. The first-order valence-corrected chi connectivity index (χ1v) is 11.7. The molecule has 0 aromatic heterocycles. The van der Waals surface area contributed by atoms with Crippen LogP contribution in [0.3, 0.4) is 0 Å². The van der Waals surface area contributed by atoms with Crippen LogP contribution in [0.1, 0.15) is 11.1 Å². The molecule has 0 atom stereocenters. The van der Waals surface area contributed by atoms with Crippen LogP contribution in [-0.4, -0.2) is 88.7 Å². The lowest BCUT2D eigenvalue weighted by Gasteiger charge is -2.26. The van der Waals surface area contributed by atoms with Gasteiger partial charge >= 0.3 is 0 Å². The van der Waals surface area contributed by atoms with Gasteiger partial charge in [0.05, 0.1) is 26.4 Å². The lowest BCUT2D eigenvalue weighted by atomic mass is 10.2.